The highest BCUT2D eigenvalue weighted by molar-refractivity contribution is 5.43. The molecule has 1 N–H and O–H groups in total. The second-order valence-corrected chi connectivity index (χ2v) is 4.69. The van der Waals surface area contributed by atoms with Gasteiger partial charge in [-0.25, -0.2) is 0 Å². The fraction of sp³-hybridized carbons (Fsp3) is 0.500. The SMILES string of the molecule is Cc1cc(C(C)(C)C)cc(O)c1C. The van der Waals surface area contributed by atoms with Gasteiger partial charge in [0.05, 0.1) is 0 Å². The Kier molecular flexibility index (Phi) is 2.38. The molecule has 0 aliphatic carbocycles. The Bertz CT molecular complexity index is 295. The Morgan fingerprint density at radius 2 is 1.62 bits per heavy atom. The molecule has 0 aromatic heterocycles. The van der Waals surface area contributed by atoms with Gasteiger partial charge in [0, 0.05) is 0 Å². The van der Waals surface area contributed by atoms with Gasteiger partial charge in [-0.3, -0.25) is 0 Å². The molecule has 0 aliphatic rings. The Labute approximate surface area is 80.4 Å². The highest BCUT2D eigenvalue weighted by atomic mass is 16.3. The molecule has 0 spiro atoms. The molecule has 0 atom stereocenters. The molecule has 0 aliphatic heterocycles. The van der Waals surface area contributed by atoms with Gasteiger partial charge in [0.2, 0.25) is 0 Å². The summed E-state index contributed by atoms with van der Waals surface area (Å²) >= 11 is 0. The van der Waals surface area contributed by atoms with Crippen molar-refractivity contribution in [2.45, 2.75) is 40.0 Å². The van der Waals surface area contributed by atoms with E-state index in [0.29, 0.717) is 5.75 Å². The van der Waals surface area contributed by atoms with Crippen molar-refractivity contribution >= 4 is 0 Å². The molecule has 0 radical (unpaired) electrons. The van der Waals surface area contributed by atoms with Crippen LogP contribution in [0.1, 0.15) is 37.5 Å². The lowest BCUT2D eigenvalue weighted by atomic mass is 9.85. The summed E-state index contributed by atoms with van der Waals surface area (Å²) in [7, 11) is 0. The molecular weight excluding hydrogens is 160 g/mol. The average molecular weight is 178 g/mol. The zero-order valence-corrected chi connectivity index (χ0v) is 9.10. The Morgan fingerprint density at radius 1 is 1.08 bits per heavy atom. The van der Waals surface area contributed by atoms with Gasteiger partial charge in [-0.15, -0.1) is 0 Å². The summed E-state index contributed by atoms with van der Waals surface area (Å²) < 4.78 is 0. The molecule has 1 aromatic rings. The Morgan fingerprint density at radius 3 is 2.00 bits per heavy atom. The molecule has 0 bridgehead atoms. The second kappa shape index (κ2) is 3.06. The van der Waals surface area contributed by atoms with Gasteiger partial charge in [0.1, 0.15) is 5.75 Å². The minimum absolute atomic E-state index is 0.107. The molecule has 0 unspecified atom stereocenters. The maximum Gasteiger partial charge on any atom is 0.119 e. The van der Waals surface area contributed by atoms with Crippen molar-refractivity contribution in [1.82, 2.24) is 0 Å². The molecule has 0 saturated carbocycles. The third-order valence-electron chi connectivity index (χ3n) is 2.51. The summed E-state index contributed by atoms with van der Waals surface area (Å²) in [5.74, 6) is 0.407. The average Bonchev–Trinajstić information content (AvgIpc) is 1.97. The van der Waals surface area contributed by atoms with Gasteiger partial charge in [0.25, 0.3) is 0 Å². The van der Waals surface area contributed by atoms with Crippen molar-refractivity contribution in [1.29, 1.82) is 0 Å². The number of phenols is 1. The highest BCUT2D eigenvalue weighted by Gasteiger charge is 2.15. The molecular formula is C12H18O. The van der Waals surface area contributed by atoms with Gasteiger partial charge in [-0.2, -0.15) is 0 Å². The predicted octanol–water partition coefficient (Wildman–Crippen LogP) is 3.31. The van der Waals surface area contributed by atoms with Crippen molar-refractivity contribution in [2.75, 3.05) is 0 Å². The molecule has 1 nitrogen and oxygen atoms in total. The van der Waals surface area contributed by atoms with Crippen LogP contribution >= 0.6 is 0 Å². The third kappa shape index (κ3) is 2.03. The first-order valence-corrected chi connectivity index (χ1v) is 4.63. The first kappa shape index (κ1) is 10.1. The fourth-order valence-corrected chi connectivity index (χ4v) is 1.27. The van der Waals surface area contributed by atoms with Crippen LogP contribution in [0.2, 0.25) is 0 Å². The van der Waals surface area contributed by atoms with Crippen LogP contribution in [0.3, 0.4) is 0 Å². The van der Waals surface area contributed by atoms with E-state index < -0.39 is 0 Å². The number of aryl methyl sites for hydroxylation is 1. The van der Waals surface area contributed by atoms with Crippen LogP contribution < -0.4 is 0 Å². The lowest BCUT2D eigenvalue weighted by Crippen LogP contribution is -2.11. The predicted molar refractivity (Wildman–Crippen MR) is 56.3 cm³/mol. The van der Waals surface area contributed by atoms with E-state index in [1.54, 1.807) is 0 Å². The summed E-state index contributed by atoms with van der Waals surface area (Å²) in [6.45, 7) is 10.4. The van der Waals surface area contributed by atoms with E-state index in [2.05, 4.69) is 26.8 Å². The number of rotatable bonds is 0. The number of aromatic hydroxyl groups is 1. The van der Waals surface area contributed by atoms with Gasteiger partial charge < -0.3 is 5.11 Å². The van der Waals surface area contributed by atoms with E-state index in [1.807, 2.05) is 19.9 Å². The molecule has 72 valence electrons. The minimum Gasteiger partial charge on any atom is -0.508 e. The summed E-state index contributed by atoms with van der Waals surface area (Å²) in [6.07, 6.45) is 0. The maximum absolute atomic E-state index is 9.64. The topological polar surface area (TPSA) is 20.2 Å². The van der Waals surface area contributed by atoms with Gasteiger partial charge in [0.15, 0.2) is 0 Å². The number of benzene rings is 1. The van der Waals surface area contributed by atoms with E-state index in [9.17, 15) is 5.11 Å². The van der Waals surface area contributed by atoms with Crippen LogP contribution in [0.15, 0.2) is 12.1 Å². The lowest BCUT2D eigenvalue weighted by Gasteiger charge is -2.20. The molecule has 13 heavy (non-hydrogen) atoms. The van der Waals surface area contributed by atoms with Crippen LogP contribution in [0.5, 0.6) is 5.75 Å². The van der Waals surface area contributed by atoms with Crippen molar-refractivity contribution in [3.63, 3.8) is 0 Å². The molecule has 1 aromatic carbocycles. The van der Waals surface area contributed by atoms with Crippen molar-refractivity contribution in [3.05, 3.63) is 28.8 Å². The van der Waals surface area contributed by atoms with Crippen LogP contribution in [-0.4, -0.2) is 5.11 Å². The molecule has 0 amide bonds. The summed E-state index contributed by atoms with van der Waals surface area (Å²) in [4.78, 5) is 0. The first-order chi connectivity index (χ1) is 5.82. The first-order valence-electron chi connectivity index (χ1n) is 4.63. The minimum atomic E-state index is 0.107. The summed E-state index contributed by atoms with van der Waals surface area (Å²) in [6, 6.07) is 4.01. The number of hydrogen-bond acceptors (Lipinski definition) is 1. The van der Waals surface area contributed by atoms with Gasteiger partial charge >= 0.3 is 0 Å². The summed E-state index contributed by atoms with van der Waals surface area (Å²) in [5, 5.41) is 9.64. The zero-order valence-electron chi connectivity index (χ0n) is 9.10. The second-order valence-electron chi connectivity index (χ2n) is 4.69. The van der Waals surface area contributed by atoms with Crippen molar-refractivity contribution < 1.29 is 5.11 Å². The standard InChI is InChI=1S/C12H18O/c1-8-6-10(12(3,4)5)7-11(13)9(8)2/h6-7,13H,1-5H3. The van der Waals surface area contributed by atoms with Gasteiger partial charge in [-0.1, -0.05) is 26.8 Å². The largest absolute Gasteiger partial charge is 0.508 e. The van der Waals surface area contributed by atoms with E-state index in [-0.39, 0.29) is 5.41 Å². The fourth-order valence-electron chi connectivity index (χ4n) is 1.27. The normalized spacial score (nSPS) is 11.8. The zero-order chi connectivity index (χ0) is 10.2. The van der Waals surface area contributed by atoms with Crippen molar-refractivity contribution in [2.24, 2.45) is 0 Å². The molecule has 0 heterocycles. The van der Waals surface area contributed by atoms with Crippen molar-refractivity contribution in [3.8, 4) is 5.75 Å². The number of phenolic OH excluding ortho intramolecular Hbond substituents is 1. The highest BCUT2D eigenvalue weighted by Crippen LogP contribution is 2.29. The van der Waals surface area contributed by atoms with Crippen LogP contribution in [-0.2, 0) is 5.41 Å². The van der Waals surface area contributed by atoms with E-state index in [1.165, 1.54) is 5.56 Å². The van der Waals surface area contributed by atoms with Crippen LogP contribution in [0.25, 0.3) is 0 Å². The van der Waals surface area contributed by atoms with Gasteiger partial charge in [-0.05, 0) is 42.0 Å². The summed E-state index contributed by atoms with van der Waals surface area (Å²) in [5.41, 5.74) is 3.43. The molecule has 0 fully saturated rings. The third-order valence-corrected chi connectivity index (χ3v) is 2.51. The lowest BCUT2D eigenvalue weighted by molar-refractivity contribution is 0.466. The Balaban J connectivity index is 3.29. The molecule has 1 heteroatoms. The smallest absolute Gasteiger partial charge is 0.119 e. The maximum atomic E-state index is 9.64. The molecule has 1 rings (SSSR count). The van der Waals surface area contributed by atoms with E-state index in [0.717, 1.165) is 11.1 Å². The van der Waals surface area contributed by atoms with Crippen LogP contribution in [0, 0.1) is 13.8 Å². The van der Waals surface area contributed by atoms with Crippen LogP contribution in [0.4, 0.5) is 0 Å². The van der Waals surface area contributed by atoms with E-state index in [4.69, 9.17) is 0 Å². The Hall–Kier alpha value is -0.980. The van der Waals surface area contributed by atoms with E-state index >= 15 is 0 Å². The number of hydrogen-bond donors (Lipinski definition) is 1. The monoisotopic (exact) mass is 178 g/mol. The molecule has 0 saturated heterocycles. The quantitative estimate of drug-likeness (QED) is 0.646.